The summed E-state index contributed by atoms with van der Waals surface area (Å²) in [4.78, 5) is 27.5. The summed E-state index contributed by atoms with van der Waals surface area (Å²) in [7, 11) is 0. The monoisotopic (exact) mass is 345 g/mol. The van der Waals surface area contributed by atoms with Gasteiger partial charge in [0.2, 0.25) is 0 Å². The largest absolute Gasteiger partial charge is 0.294 e. The van der Waals surface area contributed by atoms with E-state index in [1.54, 1.807) is 12.1 Å². The molecule has 0 bridgehead atoms. The number of halogens is 1. The van der Waals surface area contributed by atoms with Gasteiger partial charge in [-0.05, 0) is 13.1 Å². The molecule has 0 fully saturated rings. The summed E-state index contributed by atoms with van der Waals surface area (Å²) < 4.78 is 0. The van der Waals surface area contributed by atoms with Crippen LogP contribution in [0.5, 0.6) is 0 Å². The maximum Gasteiger partial charge on any atom is 0.180 e. The van der Waals surface area contributed by atoms with Crippen molar-refractivity contribution in [3.05, 3.63) is 71.8 Å². The molecule has 0 saturated carbocycles. The summed E-state index contributed by atoms with van der Waals surface area (Å²) in [6.45, 7) is 5.51. The summed E-state index contributed by atoms with van der Waals surface area (Å²) in [5, 5.41) is 0. The van der Waals surface area contributed by atoms with Gasteiger partial charge in [-0.1, -0.05) is 74.5 Å². The van der Waals surface area contributed by atoms with Gasteiger partial charge in [-0.15, -0.1) is 12.4 Å². The molecule has 4 heteroatoms. The molecule has 0 amide bonds. The number of nitrogens with zero attached hydrogens (tertiary/aromatic N) is 1. The Morgan fingerprint density at radius 1 is 0.833 bits per heavy atom. The van der Waals surface area contributed by atoms with Gasteiger partial charge >= 0.3 is 0 Å². The third-order valence-corrected chi connectivity index (χ3v) is 4.09. The summed E-state index contributed by atoms with van der Waals surface area (Å²) in [6.07, 6.45) is 0.208. The minimum atomic E-state index is -0.417. The third-order valence-electron chi connectivity index (χ3n) is 4.09. The number of Topliss-reactive ketones (excluding diaryl/α,β-unsaturated/α-hetero) is 2. The number of ketones is 2. The van der Waals surface area contributed by atoms with Gasteiger partial charge < -0.3 is 0 Å². The van der Waals surface area contributed by atoms with Crippen molar-refractivity contribution in [3.8, 4) is 0 Å². The summed E-state index contributed by atoms with van der Waals surface area (Å²) in [6, 6.07) is 18.0. The molecule has 0 heterocycles. The lowest BCUT2D eigenvalue weighted by atomic mass is 9.95. The Bertz CT molecular complexity index is 639. The van der Waals surface area contributed by atoms with E-state index in [9.17, 15) is 9.59 Å². The number of likely N-dealkylation sites (N-methyl/N-ethyl adjacent to an activating group) is 1. The number of hydrogen-bond acceptors (Lipinski definition) is 3. The molecule has 2 aromatic rings. The van der Waals surface area contributed by atoms with Gasteiger partial charge in [0.15, 0.2) is 11.6 Å². The van der Waals surface area contributed by atoms with Gasteiger partial charge in [-0.25, -0.2) is 0 Å². The zero-order valence-electron chi connectivity index (χ0n) is 14.1. The van der Waals surface area contributed by atoms with Gasteiger partial charge in [0.1, 0.15) is 0 Å². The third kappa shape index (κ3) is 5.02. The SMILES string of the molecule is CCN(CC)C(CC(=O)c1ccccc1)C(=O)c1ccccc1.Cl. The van der Waals surface area contributed by atoms with Crippen LogP contribution < -0.4 is 0 Å². The molecule has 0 aliphatic rings. The number of rotatable bonds is 8. The quantitative estimate of drug-likeness (QED) is 0.670. The molecular weight excluding hydrogens is 322 g/mol. The average Bonchev–Trinajstić information content (AvgIpc) is 2.62. The number of carbonyl (C=O) groups is 2. The molecular formula is C20H24ClNO2. The van der Waals surface area contributed by atoms with Crippen molar-refractivity contribution in [1.82, 2.24) is 4.90 Å². The highest BCUT2D eigenvalue weighted by Crippen LogP contribution is 2.16. The predicted molar refractivity (Wildman–Crippen MR) is 100 cm³/mol. The van der Waals surface area contributed by atoms with Crippen LogP contribution in [0.15, 0.2) is 60.7 Å². The van der Waals surface area contributed by atoms with Crippen molar-refractivity contribution in [2.45, 2.75) is 26.3 Å². The van der Waals surface area contributed by atoms with Gasteiger partial charge in [-0.2, -0.15) is 0 Å². The minimum Gasteiger partial charge on any atom is -0.294 e. The molecule has 0 aliphatic heterocycles. The lowest BCUT2D eigenvalue weighted by molar-refractivity contribution is 0.0763. The van der Waals surface area contributed by atoms with Crippen LogP contribution in [-0.2, 0) is 0 Å². The first-order chi connectivity index (χ1) is 11.2. The van der Waals surface area contributed by atoms with Crippen LogP contribution in [0.2, 0.25) is 0 Å². The normalized spacial score (nSPS) is 11.6. The Morgan fingerprint density at radius 2 is 1.29 bits per heavy atom. The smallest absolute Gasteiger partial charge is 0.180 e. The molecule has 0 radical (unpaired) electrons. The maximum atomic E-state index is 12.9. The lowest BCUT2D eigenvalue weighted by Gasteiger charge is -2.28. The van der Waals surface area contributed by atoms with Crippen molar-refractivity contribution in [2.75, 3.05) is 13.1 Å². The van der Waals surface area contributed by atoms with Crippen LogP contribution in [0.25, 0.3) is 0 Å². The fraction of sp³-hybridized carbons (Fsp3) is 0.300. The van der Waals surface area contributed by atoms with E-state index < -0.39 is 6.04 Å². The second kappa shape index (κ2) is 10.0. The molecule has 2 aromatic carbocycles. The van der Waals surface area contributed by atoms with E-state index >= 15 is 0 Å². The summed E-state index contributed by atoms with van der Waals surface area (Å²) >= 11 is 0. The topological polar surface area (TPSA) is 37.4 Å². The van der Waals surface area contributed by atoms with E-state index in [0.717, 1.165) is 13.1 Å². The first-order valence-electron chi connectivity index (χ1n) is 8.08. The first kappa shape index (κ1) is 20.1. The van der Waals surface area contributed by atoms with Crippen molar-refractivity contribution in [3.63, 3.8) is 0 Å². The van der Waals surface area contributed by atoms with Gasteiger partial charge in [0.25, 0.3) is 0 Å². The number of carbonyl (C=O) groups excluding carboxylic acids is 2. The van der Waals surface area contributed by atoms with Crippen LogP contribution in [0.1, 0.15) is 41.0 Å². The second-order valence-electron chi connectivity index (χ2n) is 5.46. The number of benzene rings is 2. The molecule has 24 heavy (non-hydrogen) atoms. The van der Waals surface area contributed by atoms with Gasteiger partial charge in [0.05, 0.1) is 6.04 Å². The van der Waals surface area contributed by atoms with Crippen molar-refractivity contribution >= 4 is 24.0 Å². The molecule has 0 saturated heterocycles. The van der Waals surface area contributed by atoms with Crippen molar-refractivity contribution < 1.29 is 9.59 Å². The van der Waals surface area contributed by atoms with E-state index in [1.807, 2.05) is 62.4 Å². The molecule has 0 spiro atoms. The Hall–Kier alpha value is -1.97. The number of hydrogen-bond donors (Lipinski definition) is 0. The highest BCUT2D eigenvalue weighted by Gasteiger charge is 2.27. The van der Waals surface area contributed by atoms with Crippen molar-refractivity contribution in [1.29, 1.82) is 0 Å². The van der Waals surface area contributed by atoms with Crippen LogP contribution in [0.4, 0.5) is 0 Å². The maximum absolute atomic E-state index is 12.9. The highest BCUT2D eigenvalue weighted by molar-refractivity contribution is 6.05. The molecule has 1 atom stereocenters. The predicted octanol–water partition coefficient (Wildman–Crippen LogP) is 4.27. The van der Waals surface area contributed by atoms with Crippen molar-refractivity contribution in [2.24, 2.45) is 0 Å². The van der Waals surface area contributed by atoms with E-state index in [4.69, 9.17) is 0 Å². The van der Waals surface area contributed by atoms with E-state index in [1.165, 1.54) is 0 Å². The second-order valence-corrected chi connectivity index (χ2v) is 5.46. The van der Waals surface area contributed by atoms with Crippen LogP contribution in [0.3, 0.4) is 0 Å². The molecule has 0 aliphatic carbocycles. The Labute approximate surface area is 150 Å². The zero-order valence-corrected chi connectivity index (χ0v) is 15.0. The Kier molecular flexibility index (Phi) is 8.37. The Morgan fingerprint density at radius 3 is 1.75 bits per heavy atom. The molecule has 0 aromatic heterocycles. The van der Waals surface area contributed by atoms with Crippen LogP contribution in [0, 0.1) is 0 Å². The molecule has 3 nitrogen and oxygen atoms in total. The van der Waals surface area contributed by atoms with Gasteiger partial charge in [-0.3, -0.25) is 14.5 Å². The zero-order chi connectivity index (χ0) is 16.7. The van der Waals surface area contributed by atoms with E-state index in [-0.39, 0.29) is 30.4 Å². The standard InChI is InChI=1S/C20H23NO2.ClH/c1-3-21(4-2)18(20(23)17-13-9-6-10-14-17)15-19(22)16-11-7-5-8-12-16;/h5-14,18H,3-4,15H2,1-2H3;1H. The fourth-order valence-electron chi connectivity index (χ4n) is 2.76. The summed E-state index contributed by atoms with van der Waals surface area (Å²) in [5.74, 6) is 0.0189. The molecule has 128 valence electrons. The van der Waals surface area contributed by atoms with Crippen LogP contribution >= 0.6 is 12.4 Å². The summed E-state index contributed by atoms with van der Waals surface area (Å²) in [5.41, 5.74) is 1.32. The fourth-order valence-corrected chi connectivity index (χ4v) is 2.76. The Balaban J connectivity index is 0.00000288. The average molecular weight is 346 g/mol. The minimum absolute atomic E-state index is 0. The first-order valence-corrected chi connectivity index (χ1v) is 8.08. The highest BCUT2D eigenvalue weighted by atomic mass is 35.5. The van der Waals surface area contributed by atoms with Gasteiger partial charge in [0, 0.05) is 17.5 Å². The lowest BCUT2D eigenvalue weighted by Crippen LogP contribution is -2.42. The molecule has 0 N–H and O–H groups in total. The molecule has 1 unspecified atom stereocenters. The van der Waals surface area contributed by atoms with E-state index in [2.05, 4.69) is 4.90 Å². The van der Waals surface area contributed by atoms with Crippen LogP contribution in [-0.4, -0.2) is 35.6 Å². The molecule has 2 rings (SSSR count). The van der Waals surface area contributed by atoms with E-state index in [0.29, 0.717) is 11.1 Å².